The van der Waals surface area contributed by atoms with Crippen molar-refractivity contribution in [1.82, 2.24) is 5.32 Å². The highest BCUT2D eigenvalue weighted by Crippen LogP contribution is 2.29. The van der Waals surface area contributed by atoms with E-state index in [0.29, 0.717) is 17.8 Å². The third kappa shape index (κ3) is 4.55. The highest BCUT2D eigenvalue weighted by atomic mass is 32.2. The monoisotopic (exact) mass is 278 g/mol. The number of para-hydroxylation sites is 1. The van der Waals surface area contributed by atoms with Crippen LogP contribution in [-0.2, 0) is 4.79 Å². The van der Waals surface area contributed by atoms with E-state index in [1.165, 1.54) is 19.3 Å². The Morgan fingerprint density at radius 1 is 1.32 bits per heavy atom. The molecule has 3 nitrogen and oxygen atoms in total. The van der Waals surface area contributed by atoms with Gasteiger partial charge in [0.25, 0.3) is 0 Å². The highest BCUT2D eigenvalue weighted by molar-refractivity contribution is 7.99. The predicted octanol–water partition coefficient (Wildman–Crippen LogP) is 2.89. The molecule has 0 radical (unpaired) electrons. The Kier molecular flexibility index (Phi) is 5.73. The van der Waals surface area contributed by atoms with Crippen LogP contribution in [-0.4, -0.2) is 29.5 Å². The smallest absolute Gasteiger partial charge is 0.238 e. The molecule has 19 heavy (non-hydrogen) atoms. The number of nitrogens with one attached hydrogen (secondary N) is 2. The zero-order chi connectivity index (χ0) is 13.5. The van der Waals surface area contributed by atoms with E-state index in [2.05, 4.69) is 17.6 Å². The summed E-state index contributed by atoms with van der Waals surface area (Å²) in [6.07, 6.45) is 3.74. The summed E-state index contributed by atoms with van der Waals surface area (Å²) in [5.41, 5.74) is 0.861. The molecular formula is C15H22N2OS. The average molecular weight is 278 g/mol. The maximum atomic E-state index is 11.9. The van der Waals surface area contributed by atoms with Gasteiger partial charge in [0.05, 0.1) is 6.54 Å². The number of amides is 1. The van der Waals surface area contributed by atoms with Crippen LogP contribution < -0.4 is 10.6 Å². The first kappa shape index (κ1) is 14.4. The molecule has 2 atom stereocenters. The highest BCUT2D eigenvalue weighted by Gasteiger charge is 2.26. The van der Waals surface area contributed by atoms with Gasteiger partial charge in [0, 0.05) is 17.0 Å². The Labute approximate surface area is 119 Å². The molecule has 0 heterocycles. The number of anilines is 1. The van der Waals surface area contributed by atoms with Crippen LogP contribution in [0.25, 0.3) is 0 Å². The van der Waals surface area contributed by atoms with Crippen LogP contribution >= 0.6 is 11.8 Å². The van der Waals surface area contributed by atoms with Crippen LogP contribution in [0.3, 0.4) is 0 Å². The molecule has 0 saturated heterocycles. The van der Waals surface area contributed by atoms with Crippen LogP contribution in [0.5, 0.6) is 0 Å². The lowest BCUT2D eigenvalue weighted by atomic mass is 10.2. The molecule has 0 aromatic heterocycles. The minimum Gasteiger partial charge on any atom is -0.325 e. The van der Waals surface area contributed by atoms with Crippen molar-refractivity contribution in [1.29, 1.82) is 0 Å². The van der Waals surface area contributed by atoms with E-state index in [9.17, 15) is 4.79 Å². The lowest BCUT2D eigenvalue weighted by molar-refractivity contribution is -0.115. The van der Waals surface area contributed by atoms with Crippen LogP contribution in [0.4, 0.5) is 5.69 Å². The summed E-state index contributed by atoms with van der Waals surface area (Å²) < 4.78 is 0. The minimum atomic E-state index is 0.0401. The molecule has 1 fully saturated rings. The van der Waals surface area contributed by atoms with Crippen molar-refractivity contribution in [2.45, 2.75) is 37.5 Å². The van der Waals surface area contributed by atoms with Crippen molar-refractivity contribution in [2.24, 2.45) is 0 Å². The summed E-state index contributed by atoms with van der Waals surface area (Å²) in [7, 11) is 0. The van der Waals surface area contributed by atoms with Crippen LogP contribution in [0.15, 0.2) is 30.3 Å². The van der Waals surface area contributed by atoms with Crippen molar-refractivity contribution in [3.63, 3.8) is 0 Å². The predicted molar refractivity (Wildman–Crippen MR) is 82.6 cm³/mol. The number of thioether (sulfide) groups is 1. The summed E-state index contributed by atoms with van der Waals surface area (Å²) in [6, 6.07) is 10.1. The number of carbonyl (C=O) groups is 1. The van der Waals surface area contributed by atoms with Crippen molar-refractivity contribution in [3.05, 3.63) is 30.3 Å². The molecule has 0 spiro atoms. The van der Waals surface area contributed by atoms with Gasteiger partial charge >= 0.3 is 0 Å². The summed E-state index contributed by atoms with van der Waals surface area (Å²) in [6.45, 7) is 2.60. The molecule has 0 aliphatic heterocycles. The molecule has 0 unspecified atom stereocenters. The fourth-order valence-corrected chi connectivity index (χ4v) is 3.75. The zero-order valence-corrected chi connectivity index (χ0v) is 12.2. The van der Waals surface area contributed by atoms with Crippen molar-refractivity contribution in [3.8, 4) is 0 Å². The third-order valence-electron chi connectivity index (χ3n) is 3.42. The number of carbonyl (C=O) groups excluding carboxylic acids is 1. The second-order valence-electron chi connectivity index (χ2n) is 4.83. The maximum Gasteiger partial charge on any atom is 0.238 e. The van der Waals surface area contributed by atoms with Gasteiger partial charge < -0.3 is 10.6 Å². The van der Waals surface area contributed by atoms with Gasteiger partial charge in [0.2, 0.25) is 5.91 Å². The largest absolute Gasteiger partial charge is 0.325 e. The molecule has 2 N–H and O–H groups in total. The van der Waals surface area contributed by atoms with Crippen molar-refractivity contribution < 1.29 is 4.79 Å². The lowest BCUT2D eigenvalue weighted by Crippen LogP contribution is -2.39. The first-order valence-electron chi connectivity index (χ1n) is 6.99. The molecule has 1 aromatic carbocycles. The summed E-state index contributed by atoms with van der Waals surface area (Å²) in [5, 5.41) is 6.98. The van der Waals surface area contributed by atoms with Crippen molar-refractivity contribution in [2.75, 3.05) is 17.6 Å². The van der Waals surface area contributed by atoms with E-state index in [-0.39, 0.29) is 5.91 Å². The van der Waals surface area contributed by atoms with Gasteiger partial charge in [-0.05, 0) is 30.7 Å². The van der Waals surface area contributed by atoms with Crippen LogP contribution in [0, 0.1) is 0 Å². The van der Waals surface area contributed by atoms with E-state index in [0.717, 1.165) is 11.4 Å². The van der Waals surface area contributed by atoms with Gasteiger partial charge in [0.15, 0.2) is 0 Å². The van der Waals surface area contributed by atoms with Gasteiger partial charge in [-0.3, -0.25) is 4.79 Å². The Morgan fingerprint density at radius 2 is 2.11 bits per heavy atom. The quantitative estimate of drug-likeness (QED) is 0.840. The van der Waals surface area contributed by atoms with Gasteiger partial charge in [-0.15, -0.1) is 0 Å². The Hall–Kier alpha value is -1.00. The van der Waals surface area contributed by atoms with Crippen LogP contribution in [0.1, 0.15) is 26.2 Å². The average Bonchev–Trinajstić information content (AvgIpc) is 2.85. The second kappa shape index (κ2) is 7.56. The number of hydrogen-bond donors (Lipinski definition) is 2. The molecule has 1 aromatic rings. The van der Waals surface area contributed by atoms with Crippen LogP contribution in [0.2, 0.25) is 0 Å². The normalized spacial score (nSPS) is 22.4. The van der Waals surface area contributed by atoms with Gasteiger partial charge in [-0.2, -0.15) is 11.8 Å². The molecule has 1 aliphatic carbocycles. The third-order valence-corrected chi connectivity index (χ3v) is 4.74. The van der Waals surface area contributed by atoms with Crippen molar-refractivity contribution >= 4 is 23.4 Å². The molecule has 1 saturated carbocycles. The maximum absolute atomic E-state index is 11.9. The Bertz CT molecular complexity index is 396. The fraction of sp³-hybridized carbons (Fsp3) is 0.533. The van der Waals surface area contributed by atoms with Gasteiger partial charge in [0.1, 0.15) is 0 Å². The molecule has 1 amide bonds. The summed E-state index contributed by atoms with van der Waals surface area (Å²) in [4.78, 5) is 11.9. The van der Waals surface area contributed by atoms with E-state index < -0.39 is 0 Å². The molecule has 1 aliphatic rings. The summed E-state index contributed by atoms with van der Waals surface area (Å²) >= 11 is 2.01. The first-order valence-corrected chi connectivity index (χ1v) is 8.04. The topological polar surface area (TPSA) is 41.1 Å². The second-order valence-corrected chi connectivity index (χ2v) is 6.34. The van der Waals surface area contributed by atoms with Gasteiger partial charge in [-0.1, -0.05) is 31.5 Å². The summed E-state index contributed by atoms with van der Waals surface area (Å²) in [5.74, 6) is 1.19. The molecule has 2 rings (SSSR count). The van der Waals surface area contributed by atoms with E-state index >= 15 is 0 Å². The molecular weight excluding hydrogens is 256 g/mol. The van der Waals surface area contributed by atoms with E-state index in [1.54, 1.807) is 0 Å². The van der Waals surface area contributed by atoms with Gasteiger partial charge in [-0.25, -0.2) is 0 Å². The van der Waals surface area contributed by atoms with E-state index in [4.69, 9.17) is 0 Å². The molecule has 104 valence electrons. The molecule has 0 bridgehead atoms. The number of benzene rings is 1. The SMILES string of the molecule is CCS[C@H]1CCC[C@@H]1NCC(=O)Nc1ccccc1. The number of hydrogen-bond acceptors (Lipinski definition) is 3. The fourth-order valence-electron chi connectivity index (χ4n) is 2.52. The standard InChI is InChI=1S/C15H22N2OS/c1-2-19-14-10-6-9-13(14)16-11-15(18)17-12-7-4-3-5-8-12/h3-5,7-8,13-14,16H,2,6,9-11H2,1H3,(H,17,18)/t13-,14-/m0/s1. The number of rotatable bonds is 6. The zero-order valence-electron chi connectivity index (χ0n) is 11.4. The first-order chi connectivity index (χ1) is 9.29. The Balaban J connectivity index is 1.74. The Morgan fingerprint density at radius 3 is 2.84 bits per heavy atom. The minimum absolute atomic E-state index is 0.0401. The lowest BCUT2D eigenvalue weighted by Gasteiger charge is -2.19. The van der Waals surface area contributed by atoms with E-state index in [1.807, 2.05) is 42.1 Å². The molecule has 4 heteroatoms.